The SMILES string of the molecule is Cc1nc(S/C(=C/c2ccc(N3CCCC3)c([N+](=O)[O-])c2)C(=O)O)n[nH]1. The van der Waals surface area contributed by atoms with E-state index in [0.29, 0.717) is 17.1 Å². The van der Waals surface area contributed by atoms with Gasteiger partial charge in [0.15, 0.2) is 0 Å². The molecule has 0 saturated carbocycles. The topological polar surface area (TPSA) is 125 Å². The van der Waals surface area contributed by atoms with Gasteiger partial charge in [0.2, 0.25) is 5.16 Å². The third kappa shape index (κ3) is 4.02. The van der Waals surface area contributed by atoms with Crippen molar-refractivity contribution in [3.63, 3.8) is 0 Å². The first-order chi connectivity index (χ1) is 12.4. The van der Waals surface area contributed by atoms with E-state index < -0.39 is 10.9 Å². The van der Waals surface area contributed by atoms with Gasteiger partial charge in [-0.2, -0.15) is 0 Å². The number of aryl methyl sites for hydroxylation is 1. The van der Waals surface area contributed by atoms with Crippen LogP contribution >= 0.6 is 11.8 Å². The van der Waals surface area contributed by atoms with E-state index in [0.717, 1.165) is 37.7 Å². The lowest BCUT2D eigenvalue weighted by molar-refractivity contribution is -0.384. The van der Waals surface area contributed by atoms with Crippen LogP contribution in [0.5, 0.6) is 0 Å². The maximum Gasteiger partial charge on any atom is 0.342 e. The van der Waals surface area contributed by atoms with Crippen LogP contribution in [0.1, 0.15) is 24.2 Å². The third-order valence-electron chi connectivity index (χ3n) is 3.93. The Morgan fingerprint density at radius 2 is 2.15 bits per heavy atom. The number of nitrogens with zero attached hydrogens (tertiary/aromatic N) is 4. The summed E-state index contributed by atoms with van der Waals surface area (Å²) in [5, 5.41) is 27.7. The number of benzene rings is 1. The number of rotatable bonds is 6. The van der Waals surface area contributed by atoms with Gasteiger partial charge in [0.1, 0.15) is 16.4 Å². The second kappa shape index (κ2) is 7.56. The molecular weight excluding hydrogens is 358 g/mol. The number of carboxylic acid groups (broad SMARTS) is 1. The molecule has 0 amide bonds. The van der Waals surface area contributed by atoms with Crippen LogP contribution < -0.4 is 4.90 Å². The van der Waals surface area contributed by atoms with Gasteiger partial charge in [-0.05, 0) is 49.2 Å². The lowest BCUT2D eigenvalue weighted by Crippen LogP contribution is -2.18. The number of nitrogens with one attached hydrogen (secondary N) is 1. The number of thioether (sulfide) groups is 1. The fourth-order valence-corrected chi connectivity index (χ4v) is 3.51. The summed E-state index contributed by atoms with van der Waals surface area (Å²) in [6, 6.07) is 4.77. The molecule has 1 saturated heterocycles. The van der Waals surface area contributed by atoms with Crippen molar-refractivity contribution in [3.8, 4) is 0 Å². The number of nitro benzene ring substituents is 1. The van der Waals surface area contributed by atoms with Crippen LogP contribution in [0.15, 0.2) is 28.3 Å². The zero-order valence-corrected chi connectivity index (χ0v) is 14.8. The Balaban J connectivity index is 1.93. The normalized spacial score (nSPS) is 14.7. The van der Waals surface area contributed by atoms with Crippen LogP contribution in [-0.4, -0.2) is 44.3 Å². The van der Waals surface area contributed by atoms with Crippen molar-refractivity contribution in [2.45, 2.75) is 24.9 Å². The van der Waals surface area contributed by atoms with Crippen molar-refractivity contribution in [2.75, 3.05) is 18.0 Å². The van der Waals surface area contributed by atoms with Gasteiger partial charge in [0, 0.05) is 19.2 Å². The van der Waals surface area contributed by atoms with Crippen LogP contribution in [0.3, 0.4) is 0 Å². The van der Waals surface area contributed by atoms with Crippen LogP contribution in [0.2, 0.25) is 0 Å². The van der Waals surface area contributed by atoms with E-state index in [1.54, 1.807) is 19.1 Å². The van der Waals surface area contributed by atoms with Crippen molar-refractivity contribution >= 4 is 35.2 Å². The molecule has 136 valence electrons. The molecule has 0 atom stereocenters. The highest BCUT2D eigenvalue weighted by Gasteiger charge is 2.22. The van der Waals surface area contributed by atoms with Crippen molar-refractivity contribution in [1.82, 2.24) is 15.2 Å². The third-order valence-corrected chi connectivity index (χ3v) is 4.81. The largest absolute Gasteiger partial charge is 0.477 e. The summed E-state index contributed by atoms with van der Waals surface area (Å²) in [4.78, 5) is 28.6. The highest BCUT2D eigenvalue weighted by atomic mass is 32.2. The first-order valence-corrected chi connectivity index (χ1v) is 8.81. The fourth-order valence-electron chi connectivity index (χ4n) is 2.75. The maximum absolute atomic E-state index is 11.5. The molecule has 9 nitrogen and oxygen atoms in total. The Kier molecular flexibility index (Phi) is 5.21. The lowest BCUT2D eigenvalue weighted by atomic mass is 10.1. The van der Waals surface area contributed by atoms with E-state index in [9.17, 15) is 20.0 Å². The summed E-state index contributed by atoms with van der Waals surface area (Å²) in [5.74, 6) is -0.577. The average molecular weight is 375 g/mol. The predicted molar refractivity (Wildman–Crippen MR) is 97.1 cm³/mol. The number of aromatic amines is 1. The van der Waals surface area contributed by atoms with Gasteiger partial charge in [-0.1, -0.05) is 6.07 Å². The molecule has 3 rings (SSSR count). The van der Waals surface area contributed by atoms with Gasteiger partial charge in [-0.3, -0.25) is 15.2 Å². The molecule has 2 N–H and O–H groups in total. The molecule has 2 aromatic rings. The number of hydrogen-bond donors (Lipinski definition) is 2. The first kappa shape index (κ1) is 17.9. The number of aromatic nitrogens is 3. The molecule has 1 aromatic carbocycles. The molecule has 2 heterocycles. The highest BCUT2D eigenvalue weighted by molar-refractivity contribution is 8.04. The Morgan fingerprint density at radius 1 is 1.42 bits per heavy atom. The van der Waals surface area contributed by atoms with Crippen molar-refractivity contribution in [3.05, 3.63) is 44.6 Å². The zero-order chi connectivity index (χ0) is 18.7. The van der Waals surface area contributed by atoms with E-state index in [2.05, 4.69) is 15.2 Å². The number of H-pyrrole nitrogens is 1. The molecule has 1 aromatic heterocycles. The lowest BCUT2D eigenvalue weighted by Gasteiger charge is -2.17. The Labute approximate surface area is 153 Å². The van der Waals surface area contributed by atoms with Gasteiger partial charge in [0.25, 0.3) is 5.69 Å². The summed E-state index contributed by atoms with van der Waals surface area (Å²) >= 11 is 0.884. The molecule has 1 aliphatic heterocycles. The van der Waals surface area contributed by atoms with Gasteiger partial charge >= 0.3 is 5.97 Å². The minimum absolute atomic E-state index is 0.0211. The number of nitro groups is 1. The highest BCUT2D eigenvalue weighted by Crippen LogP contribution is 2.33. The number of anilines is 1. The smallest absolute Gasteiger partial charge is 0.342 e. The van der Waals surface area contributed by atoms with Crippen molar-refractivity contribution < 1.29 is 14.8 Å². The number of aliphatic carboxylic acids is 1. The summed E-state index contributed by atoms with van der Waals surface area (Å²) in [6.07, 6.45) is 3.41. The quantitative estimate of drug-likeness (QED) is 0.342. The predicted octanol–water partition coefficient (Wildman–Crippen LogP) is 2.84. The van der Waals surface area contributed by atoms with E-state index in [4.69, 9.17) is 0 Å². The fraction of sp³-hybridized carbons (Fsp3) is 0.312. The molecule has 0 radical (unpaired) electrons. The first-order valence-electron chi connectivity index (χ1n) is 7.99. The molecule has 0 unspecified atom stereocenters. The maximum atomic E-state index is 11.5. The minimum atomic E-state index is -1.15. The van der Waals surface area contributed by atoms with Crippen LogP contribution in [0, 0.1) is 17.0 Å². The second-order valence-corrected chi connectivity index (χ2v) is 6.83. The minimum Gasteiger partial charge on any atom is -0.477 e. The van der Waals surface area contributed by atoms with E-state index >= 15 is 0 Å². The summed E-state index contributed by atoms with van der Waals surface area (Å²) in [7, 11) is 0. The van der Waals surface area contributed by atoms with Crippen LogP contribution in [0.25, 0.3) is 6.08 Å². The molecule has 0 bridgehead atoms. The van der Waals surface area contributed by atoms with Gasteiger partial charge in [-0.25, -0.2) is 9.78 Å². The van der Waals surface area contributed by atoms with Gasteiger partial charge in [-0.15, -0.1) is 5.10 Å². The van der Waals surface area contributed by atoms with Crippen LogP contribution in [0.4, 0.5) is 11.4 Å². The Morgan fingerprint density at radius 3 is 2.73 bits per heavy atom. The average Bonchev–Trinajstić information content (AvgIpc) is 3.26. The Hall–Kier alpha value is -2.88. The molecule has 10 heteroatoms. The molecule has 1 aliphatic rings. The van der Waals surface area contributed by atoms with Crippen LogP contribution in [-0.2, 0) is 4.79 Å². The monoisotopic (exact) mass is 375 g/mol. The zero-order valence-electron chi connectivity index (χ0n) is 14.0. The molecule has 26 heavy (non-hydrogen) atoms. The number of carboxylic acids is 1. The van der Waals surface area contributed by atoms with Crippen molar-refractivity contribution in [1.29, 1.82) is 0 Å². The molecule has 0 spiro atoms. The summed E-state index contributed by atoms with van der Waals surface area (Å²) < 4.78 is 0. The number of hydrogen-bond acceptors (Lipinski definition) is 7. The van der Waals surface area contributed by atoms with E-state index in [-0.39, 0.29) is 15.7 Å². The van der Waals surface area contributed by atoms with Crippen molar-refractivity contribution in [2.24, 2.45) is 0 Å². The second-order valence-electron chi connectivity index (χ2n) is 5.82. The molecule has 1 fully saturated rings. The Bertz CT molecular complexity index is 873. The standard InChI is InChI=1S/C16H17N5O4S/c1-10-17-16(19-18-10)26-14(15(22)23)9-11-4-5-12(13(8-11)21(24)25)20-6-2-3-7-20/h4-5,8-9H,2-3,6-7H2,1H3,(H,22,23)(H,17,18,19)/b14-9+. The van der Waals surface area contributed by atoms with Gasteiger partial charge < -0.3 is 10.0 Å². The molecular formula is C16H17N5O4S. The summed E-state index contributed by atoms with van der Waals surface area (Å²) in [6.45, 7) is 3.29. The van der Waals surface area contributed by atoms with E-state index in [1.165, 1.54) is 12.1 Å². The van der Waals surface area contributed by atoms with E-state index in [1.807, 2.05) is 4.90 Å². The number of carbonyl (C=O) groups is 1. The van der Waals surface area contributed by atoms with Gasteiger partial charge in [0.05, 0.1) is 4.92 Å². The molecule has 0 aliphatic carbocycles. The summed E-state index contributed by atoms with van der Waals surface area (Å²) in [5.41, 5.74) is 0.986.